The van der Waals surface area contributed by atoms with Gasteiger partial charge in [0.2, 0.25) is 0 Å². The monoisotopic (exact) mass is 263 g/mol. The fourth-order valence-electron chi connectivity index (χ4n) is 1.57. The molecule has 3 heterocycles. The number of imidazole rings is 1. The van der Waals surface area contributed by atoms with Crippen molar-refractivity contribution in [1.82, 2.24) is 24.9 Å². The molecule has 0 bridgehead atoms. The van der Waals surface area contributed by atoms with Crippen LogP contribution in [-0.2, 0) is 0 Å². The van der Waals surface area contributed by atoms with Crippen molar-refractivity contribution < 1.29 is 0 Å². The third-order valence-corrected chi connectivity index (χ3v) is 2.58. The molecule has 0 unspecified atom stereocenters. The molecule has 0 spiro atoms. The molecular weight excluding hydrogens is 258 g/mol. The topological polar surface area (TPSA) is 107 Å². The summed E-state index contributed by atoms with van der Waals surface area (Å²) in [7, 11) is 0. The highest BCUT2D eigenvalue weighted by atomic mass is 35.5. The molecule has 3 aromatic rings. The van der Waals surface area contributed by atoms with Crippen molar-refractivity contribution in [2.24, 2.45) is 0 Å². The molecule has 0 aliphatic heterocycles. The van der Waals surface area contributed by atoms with Gasteiger partial charge in [-0.1, -0.05) is 11.6 Å². The number of aromatic nitrogens is 5. The number of aromatic amines is 3. The lowest BCUT2D eigenvalue weighted by molar-refractivity contribution is 1.07. The zero-order valence-corrected chi connectivity index (χ0v) is 9.58. The number of hydrogen-bond acceptors (Lipinski definition) is 4. The van der Waals surface area contributed by atoms with Gasteiger partial charge in [-0.15, -0.1) is 0 Å². The Balaban J connectivity index is 2.25. The molecule has 0 aromatic carbocycles. The fraction of sp³-hybridized carbons (Fsp3) is 0. The van der Waals surface area contributed by atoms with Crippen LogP contribution in [0.4, 0.5) is 0 Å². The van der Waals surface area contributed by atoms with Gasteiger partial charge in [-0.2, -0.15) is 0 Å². The van der Waals surface area contributed by atoms with Crippen LogP contribution in [0.15, 0.2) is 27.9 Å². The first-order chi connectivity index (χ1) is 8.63. The second kappa shape index (κ2) is 3.81. The SMILES string of the molecule is O=c1[nH]c(=O)c2[nH]c(-c3ccc(Cl)cn3)nc2[nH]1. The van der Waals surface area contributed by atoms with Gasteiger partial charge in [0.1, 0.15) is 11.2 Å². The molecule has 3 rings (SSSR count). The van der Waals surface area contributed by atoms with Crippen LogP contribution in [0.25, 0.3) is 22.7 Å². The van der Waals surface area contributed by atoms with Gasteiger partial charge in [-0.25, -0.2) is 9.78 Å². The summed E-state index contributed by atoms with van der Waals surface area (Å²) in [5, 5.41) is 0.501. The summed E-state index contributed by atoms with van der Waals surface area (Å²) < 4.78 is 0. The Bertz CT molecular complexity index is 830. The molecule has 18 heavy (non-hydrogen) atoms. The van der Waals surface area contributed by atoms with Crippen molar-refractivity contribution in [2.45, 2.75) is 0 Å². The lowest BCUT2D eigenvalue weighted by Crippen LogP contribution is -2.21. The zero-order chi connectivity index (χ0) is 12.7. The maximum Gasteiger partial charge on any atom is 0.327 e. The Hall–Kier alpha value is -2.41. The largest absolute Gasteiger partial charge is 0.331 e. The predicted octanol–water partition coefficient (Wildman–Crippen LogP) is 0.655. The van der Waals surface area contributed by atoms with Gasteiger partial charge < -0.3 is 4.98 Å². The Labute approximate surface area is 104 Å². The second-order valence-electron chi connectivity index (χ2n) is 3.58. The van der Waals surface area contributed by atoms with E-state index in [9.17, 15) is 9.59 Å². The maximum atomic E-state index is 11.5. The third-order valence-electron chi connectivity index (χ3n) is 2.36. The van der Waals surface area contributed by atoms with Crippen LogP contribution in [0, 0.1) is 0 Å². The van der Waals surface area contributed by atoms with Crippen molar-refractivity contribution in [3.63, 3.8) is 0 Å². The van der Waals surface area contributed by atoms with Gasteiger partial charge in [0.15, 0.2) is 11.5 Å². The minimum absolute atomic E-state index is 0.190. The minimum Gasteiger partial charge on any atom is -0.331 e. The Morgan fingerprint density at radius 2 is 1.94 bits per heavy atom. The van der Waals surface area contributed by atoms with E-state index in [1.807, 2.05) is 0 Å². The lowest BCUT2D eigenvalue weighted by Gasteiger charge is -1.94. The number of rotatable bonds is 1. The molecule has 0 amide bonds. The van der Waals surface area contributed by atoms with E-state index in [1.54, 1.807) is 12.1 Å². The first-order valence-corrected chi connectivity index (χ1v) is 5.35. The molecular formula is C10H6ClN5O2. The first kappa shape index (κ1) is 10.7. The number of halogens is 1. The molecule has 0 atom stereocenters. The quantitative estimate of drug-likeness (QED) is 0.599. The molecule has 0 radical (unpaired) electrons. The summed E-state index contributed by atoms with van der Waals surface area (Å²) in [5.41, 5.74) is -0.219. The van der Waals surface area contributed by atoms with Gasteiger partial charge >= 0.3 is 5.69 Å². The average Bonchev–Trinajstić information content (AvgIpc) is 2.74. The molecule has 0 aliphatic carbocycles. The van der Waals surface area contributed by atoms with Gasteiger partial charge in [0.05, 0.1) is 5.02 Å². The number of nitrogens with one attached hydrogen (secondary N) is 3. The smallest absolute Gasteiger partial charge is 0.327 e. The molecule has 3 N–H and O–H groups in total. The Morgan fingerprint density at radius 1 is 1.11 bits per heavy atom. The molecule has 0 saturated heterocycles. The summed E-state index contributed by atoms with van der Waals surface area (Å²) in [4.78, 5) is 38.1. The number of hydrogen-bond donors (Lipinski definition) is 3. The van der Waals surface area contributed by atoms with Crippen LogP contribution in [-0.4, -0.2) is 24.9 Å². The van der Waals surface area contributed by atoms with Crippen LogP contribution < -0.4 is 11.2 Å². The molecule has 3 aromatic heterocycles. The van der Waals surface area contributed by atoms with E-state index in [-0.39, 0.29) is 11.2 Å². The number of nitrogens with zero attached hydrogens (tertiary/aromatic N) is 2. The zero-order valence-electron chi connectivity index (χ0n) is 8.82. The number of H-pyrrole nitrogens is 3. The van der Waals surface area contributed by atoms with Crippen LogP contribution in [0.1, 0.15) is 0 Å². The highest BCUT2D eigenvalue weighted by molar-refractivity contribution is 6.30. The van der Waals surface area contributed by atoms with Crippen LogP contribution in [0.5, 0.6) is 0 Å². The molecule has 8 heteroatoms. The standard InChI is InChI=1S/C10H6ClN5O2/c11-4-1-2-5(12-3-4)7-13-6-8(14-7)15-10(18)16-9(6)17/h1-3H,(H3,13,14,15,16,17,18). The van der Waals surface area contributed by atoms with Crippen molar-refractivity contribution in [3.05, 3.63) is 44.2 Å². The van der Waals surface area contributed by atoms with Gasteiger partial charge in [0.25, 0.3) is 5.56 Å². The molecule has 90 valence electrons. The third kappa shape index (κ3) is 1.70. The predicted molar refractivity (Wildman–Crippen MR) is 65.6 cm³/mol. The second-order valence-corrected chi connectivity index (χ2v) is 4.02. The Morgan fingerprint density at radius 3 is 2.67 bits per heavy atom. The normalized spacial score (nSPS) is 10.9. The van der Waals surface area contributed by atoms with Crippen LogP contribution in [0.2, 0.25) is 5.02 Å². The lowest BCUT2D eigenvalue weighted by atomic mass is 10.3. The van der Waals surface area contributed by atoms with Crippen LogP contribution in [0.3, 0.4) is 0 Å². The van der Waals surface area contributed by atoms with Crippen molar-refractivity contribution in [3.8, 4) is 11.5 Å². The average molecular weight is 264 g/mol. The highest BCUT2D eigenvalue weighted by Gasteiger charge is 2.09. The fourth-order valence-corrected chi connectivity index (χ4v) is 1.68. The Kier molecular flexibility index (Phi) is 2.27. The number of fused-ring (bicyclic) bond motifs is 1. The molecule has 0 aliphatic rings. The highest BCUT2D eigenvalue weighted by Crippen LogP contribution is 2.16. The summed E-state index contributed by atoms with van der Waals surface area (Å²) >= 11 is 5.73. The number of pyridine rings is 1. The van der Waals surface area contributed by atoms with Gasteiger partial charge in [-0.05, 0) is 12.1 Å². The van der Waals surface area contributed by atoms with Crippen molar-refractivity contribution in [1.29, 1.82) is 0 Å². The molecule has 0 saturated carbocycles. The first-order valence-electron chi connectivity index (χ1n) is 4.98. The molecule has 7 nitrogen and oxygen atoms in total. The van der Waals surface area contributed by atoms with Gasteiger partial charge in [-0.3, -0.25) is 19.7 Å². The summed E-state index contributed by atoms with van der Waals surface area (Å²) in [6.45, 7) is 0. The van der Waals surface area contributed by atoms with Crippen LogP contribution >= 0.6 is 11.6 Å². The minimum atomic E-state index is -0.602. The van der Waals surface area contributed by atoms with E-state index < -0.39 is 11.2 Å². The maximum absolute atomic E-state index is 11.5. The summed E-state index contributed by atoms with van der Waals surface area (Å²) in [5.74, 6) is 0.383. The van der Waals surface area contributed by atoms with Crippen molar-refractivity contribution >= 4 is 22.8 Å². The molecule has 0 fully saturated rings. The summed E-state index contributed by atoms with van der Waals surface area (Å²) in [6, 6.07) is 3.32. The van der Waals surface area contributed by atoms with Crippen molar-refractivity contribution in [2.75, 3.05) is 0 Å². The van der Waals surface area contributed by atoms with E-state index in [4.69, 9.17) is 11.6 Å². The van der Waals surface area contributed by atoms with E-state index in [0.29, 0.717) is 16.5 Å². The summed E-state index contributed by atoms with van der Waals surface area (Å²) in [6.07, 6.45) is 1.47. The van der Waals surface area contributed by atoms with E-state index in [2.05, 4.69) is 24.9 Å². The van der Waals surface area contributed by atoms with E-state index >= 15 is 0 Å². The van der Waals surface area contributed by atoms with E-state index in [1.165, 1.54) is 6.20 Å². The van der Waals surface area contributed by atoms with E-state index in [0.717, 1.165) is 0 Å². The van der Waals surface area contributed by atoms with Gasteiger partial charge in [0, 0.05) is 6.20 Å².